The van der Waals surface area contributed by atoms with Crippen LogP contribution in [0.15, 0.2) is 4.99 Å². The van der Waals surface area contributed by atoms with Crippen molar-refractivity contribution in [3.8, 4) is 0 Å². The fourth-order valence-electron chi connectivity index (χ4n) is 3.92. The first-order valence-electron chi connectivity index (χ1n) is 9.85. The second-order valence-electron chi connectivity index (χ2n) is 7.62. The Bertz CT molecular complexity index is 441. The number of alkyl halides is 3. The van der Waals surface area contributed by atoms with Crippen LogP contribution in [0.5, 0.6) is 0 Å². The minimum atomic E-state index is -4.11. The van der Waals surface area contributed by atoms with Crippen LogP contribution < -0.4 is 10.6 Å². The summed E-state index contributed by atoms with van der Waals surface area (Å²) in [7, 11) is 1.73. The molecule has 2 aliphatic heterocycles. The number of rotatable bonds is 7. The average Bonchev–Trinajstić information content (AvgIpc) is 3.01. The molecule has 0 bridgehead atoms. The molecular weight excluding hydrogens is 343 g/mol. The molecule has 26 heavy (non-hydrogen) atoms. The molecule has 2 aliphatic rings. The molecular formula is C18H34F3N5. The van der Waals surface area contributed by atoms with Crippen LogP contribution in [0.25, 0.3) is 0 Å². The summed E-state index contributed by atoms with van der Waals surface area (Å²) >= 11 is 0. The largest absolute Gasteiger partial charge is 0.401 e. The van der Waals surface area contributed by atoms with Crippen molar-refractivity contribution < 1.29 is 13.2 Å². The molecule has 2 saturated heterocycles. The molecule has 2 heterocycles. The Morgan fingerprint density at radius 1 is 1.15 bits per heavy atom. The summed E-state index contributed by atoms with van der Waals surface area (Å²) in [6.45, 7) is 6.33. The van der Waals surface area contributed by atoms with Gasteiger partial charge in [0.2, 0.25) is 0 Å². The molecule has 2 unspecified atom stereocenters. The van der Waals surface area contributed by atoms with E-state index in [2.05, 4.69) is 27.4 Å². The van der Waals surface area contributed by atoms with Crippen molar-refractivity contribution in [2.75, 3.05) is 52.9 Å². The lowest BCUT2D eigenvalue weighted by molar-refractivity contribution is -0.143. The number of nitrogens with zero attached hydrogens (tertiary/aromatic N) is 3. The minimum Gasteiger partial charge on any atom is -0.356 e. The van der Waals surface area contributed by atoms with Crippen molar-refractivity contribution in [3.63, 3.8) is 0 Å². The highest BCUT2D eigenvalue weighted by Gasteiger charge is 2.34. The molecule has 0 radical (unpaired) electrons. The fourth-order valence-corrected chi connectivity index (χ4v) is 3.92. The van der Waals surface area contributed by atoms with E-state index in [0.717, 1.165) is 31.9 Å². The summed E-state index contributed by atoms with van der Waals surface area (Å²) in [4.78, 5) is 8.25. The van der Waals surface area contributed by atoms with Crippen molar-refractivity contribution >= 4 is 5.96 Å². The van der Waals surface area contributed by atoms with Crippen LogP contribution in [0.4, 0.5) is 13.2 Å². The van der Waals surface area contributed by atoms with E-state index in [1.54, 1.807) is 7.05 Å². The molecule has 2 atom stereocenters. The number of hydrogen-bond acceptors (Lipinski definition) is 3. The first-order chi connectivity index (χ1) is 12.4. The van der Waals surface area contributed by atoms with E-state index < -0.39 is 12.7 Å². The summed E-state index contributed by atoms with van der Waals surface area (Å²) in [5.74, 6) is 0.982. The Balaban J connectivity index is 1.58. The Morgan fingerprint density at radius 3 is 2.65 bits per heavy atom. The SMILES string of the molecule is CN=C(NCCCN1CCCCC1C)NCC1CCN(CC(F)(F)F)C1. The number of piperidine rings is 1. The summed E-state index contributed by atoms with van der Waals surface area (Å²) in [6, 6.07) is 0.684. The van der Waals surface area contributed by atoms with Crippen LogP contribution >= 0.6 is 0 Å². The quantitative estimate of drug-likeness (QED) is 0.406. The normalized spacial score (nSPS) is 26.3. The zero-order valence-corrected chi connectivity index (χ0v) is 16.1. The van der Waals surface area contributed by atoms with E-state index in [0.29, 0.717) is 25.7 Å². The van der Waals surface area contributed by atoms with Crippen molar-refractivity contribution in [1.82, 2.24) is 20.4 Å². The second kappa shape index (κ2) is 10.3. The molecule has 0 amide bonds. The molecule has 0 aliphatic carbocycles. The van der Waals surface area contributed by atoms with Gasteiger partial charge in [0.05, 0.1) is 6.54 Å². The lowest BCUT2D eigenvalue weighted by atomic mass is 10.0. The summed E-state index contributed by atoms with van der Waals surface area (Å²) in [5.41, 5.74) is 0. The smallest absolute Gasteiger partial charge is 0.356 e. The van der Waals surface area contributed by atoms with Gasteiger partial charge in [0.15, 0.2) is 5.96 Å². The van der Waals surface area contributed by atoms with Crippen molar-refractivity contribution in [2.24, 2.45) is 10.9 Å². The third kappa shape index (κ3) is 7.70. The average molecular weight is 377 g/mol. The highest BCUT2D eigenvalue weighted by Crippen LogP contribution is 2.22. The van der Waals surface area contributed by atoms with Gasteiger partial charge >= 0.3 is 6.18 Å². The molecule has 2 rings (SSSR count). The van der Waals surface area contributed by atoms with Crippen LogP contribution in [0.3, 0.4) is 0 Å². The van der Waals surface area contributed by atoms with Crippen molar-refractivity contribution in [3.05, 3.63) is 0 Å². The second-order valence-corrected chi connectivity index (χ2v) is 7.62. The number of halogens is 3. The summed E-state index contributed by atoms with van der Waals surface area (Å²) in [5, 5.41) is 6.58. The Morgan fingerprint density at radius 2 is 1.96 bits per heavy atom. The topological polar surface area (TPSA) is 42.9 Å². The standard InChI is InChI=1S/C18H34F3N5/c1-15-6-3-4-9-26(15)10-5-8-23-17(22-2)24-12-16-7-11-25(13-16)14-18(19,20)21/h15-16H,3-14H2,1-2H3,(H2,22,23,24). The van der Waals surface area contributed by atoms with E-state index in [1.807, 2.05) is 0 Å². The zero-order chi connectivity index (χ0) is 19.0. The summed E-state index contributed by atoms with van der Waals surface area (Å²) < 4.78 is 37.3. The molecule has 5 nitrogen and oxygen atoms in total. The van der Waals surface area contributed by atoms with Gasteiger partial charge in [-0.3, -0.25) is 9.89 Å². The highest BCUT2D eigenvalue weighted by molar-refractivity contribution is 5.79. The van der Waals surface area contributed by atoms with Gasteiger partial charge in [-0.25, -0.2) is 0 Å². The summed E-state index contributed by atoms with van der Waals surface area (Å²) in [6.07, 6.45) is 1.69. The lowest BCUT2D eigenvalue weighted by Crippen LogP contribution is -2.42. The Hall–Kier alpha value is -1.02. The van der Waals surface area contributed by atoms with Crippen LogP contribution in [-0.2, 0) is 0 Å². The van der Waals surface area contributed by atoms with Gasteiger partial charge in [0.25, 0.3) is 0 Å². The van der Waals surface area contributed by atoms with Crippen molar-refractivity contribution in [2.45, 2.75) is 51.2 Å². The maximum Gasteiger partial charge on any atom is 0.401 e. The molecule has 0 spiro atoms. The highest BCUT2D eigenvalue weighted by atomic mass is 19.4. The third-order valence-electron chi connectivity index (χ3n) is 5.41. The number of hydrogen-bond donors (Lipinski definition) is 2. The molecule has 2 N–H and O–H groups in total. The van der Waals surface area contributed by atoms with Crippen LogP contribution in [0.2, 0.25) is 0 Å². The first-order valence-corrected chi connectivity index (χ1v) is 9.85. The minimum absolute atomic E-state index is 0.241. The zero-order valence-electron chi connectivity index (χ0n) is 16.1. The Labute approximate surface area is 155 Å². The number of likely N-dealkylation sites (tertiary alicyclic amines) is 2. The van der Waals surface area contributed by atoms with Gasteiger partial charge in [-0.2, -0.15) is 13.2 Å². The molecule has 8 heteroatoms. The molecule has 0 aromatic rings. The monoisotopic (exact) mass is 377 g/mol. The van der Waals surface area contributed by atoms with Gasteiger partial charge in [-0.1, -0.05) is 6.42 Å². The molecule has 0 aromatic heterocycles. The number of aliphatic imine (C=N–C) groups is 1. The van der Waals surface area contributed by atoms with E-state index in [9.17, 15) is 13.2 Å². The van der Waals surface area contributed by atoms with E-state index in [1.165, 1.54) is 30.7 Å². The Kier molecular flexibility index (Phi) is 8.47. The van der Waals surface area contributed by atoms with Crippen LogP contribution in [-0.4, -0.2) is 80.8 Å². The maximum absolute atomic E-state index is 12.4. The first kappa shape index (κ1) is 21.3. The van der Waals surface area contributed by atoms with Gasteiger partial charge in [-0.05, 0) is 51.6 Å². The number of guanidine groups is 1. The van der Waals surface area contributed by atoms with Gasteiger partial charge < -0.3 is 15.5 Å². The van der Waals surface area contributed by atoms with E-state index >= 15 is 0 Å². The van der Waals surface area contributed by atoms with Crippen LogP contribution in [0, 0.1) is 5.92 Å². The molecule has 2 fully saturated rings. The van der Waals surface area contributed by atoms with Crippen LogP contribution in [0.1, 0.15) is 39.0 Å². The fraction of sp³-hybridized carbons (Fsp3) is 0.944. The molecule has 152 valence electrons. The maximum atomic E-state index is 12.4. The van der Waals surface area contributed by atoms with Gasteiger partial charge in [-0.15, -0.1) is 0 Å². The van der Waals surface area contributed by atoms with E-state index in [-0.39, 0.29) is 5.92 Å². The van der Waals surface area contributed by atoms with Gasteiger partial charge in [0, 0.05) is 39.3 Å². The molecule has 0 saturated carbocycles. The van der Waals surface area contributed by atoms with Gasteiger partial charge in [0.1, 0.15) is 0 Å². The third-order valence-corrected chi connectivity index (χ3v) is 5.41. The molecule has 0 aromatic carbocycles. The predicted octanol–water partition coefficient (Wildman–Crippen LogP) is 2.30. The van der Waals surface area contributed by atoms with Crippen molar-refractivity contribution in [1.29, 1.82) is 0 Å². The number of nitrogens with one attached hydrogen (secondary N) is 2. The van der Waals surface area contributed by atoms with E-state index in [4.69, 9.17) is 0 Å². The predicted molar refractivity (Wildman–Crippen MR) is 99.5 cm³/mol. The lowest BCUT2D eigenvalue weighted by Gasteiger charge is -2.33.